The van der Waals surface area contributed by atoms with E-state index in [0.717, 1.165) is 5.57 Å². The average molecular weight is 306 g/mol. The summed E-state index contributed by atoms with van der Waals surface area (Å²) in [5.74, 6) is -4.00. The summed E-state index contributed by atoms with van der Waals surface area (Å²) in [7, 11) is 1.28. The lowest BCUT2D eigenvalue weighted by Gasteiger charge is -2.38. The van der Waals surface area contributed by atoms with Crippen LogP contribution in [0.25, 0.3) is 0 Å². The van der Waals surface area contributed by atoms with Gasteiger partial charge in [0, 0.05) is 5.92 Å². The second-order valence-corrected chi connectivity index (χ2v) is 5.67. The van der Waals surface area contributed by atoms with Crippen molar-refractivity contribution >= 4 is 17.9 Å². The first-order valence-electron chi connectivity index (χ1n) is 6.93. The van der Waals surface area contributed by atoms with E-state index in [2.05, 4.69) is 6.58 Å². The summed E-state index contributed by atoms with van der Waals surface area (Å²) in [6, 6.07) is 0. The van der Waals surface area contributed by atoms with Crippen molar-refractivity contribution in [3.63, 3.8) is 0 Å². The van der Waals surface area contributed by atoms with E-state index in [4.69, 9.17) is 4.74 Å². The molecule has 2 atom stereocenters. The first-order valence-corrected chi connectivity index (χ1v) is 6.93. The summed E-state index contributed by atoms with van der Waals surface area (Å²) in [6.45, 7) is 3.68. The molecule has 22 heavy (non-hydrogen) atoms. The molecule has 0 aromatic carbocycles. The minimum atomic E-state index is -1.87. The lowest BCUT2D eigenvalue weighted by molar-refractivity contribution is -0.166. The molecular weight excluding hydrogens is 288 g/mol. The van der Waals surface area contributed by atoms with Crippen molar-refractivity contribution in [2.24, 2.45) is 17.3 Å². The highest BCUT2D eigenvalue weighted by molar-refractivity contribution is 5.99. The number of esters is 1. The lowest BCUT2D eigenvalue weighted by Crippen LogP contribution is -2.44. The van der Waals surface area contributed by atoms with Gasteiger partial charge in [-0.25, -0.2) is 0 Å². The highest BCUT2D eigenvalue weighted by atomic mass is 16.5. The molecule has 0 heterocycles. The number of aliphatic carboxylic acids is 2. The molecule has 0 amide bonds. The van der Waals surface area contributed by atoms with Crippen LogP contribution in [0.3, 0.4) is 0 Å². The molecule has 0 aromatic rings. The van der Waals surface area contributed by atoms with Crippen LogP contribution in [-0.2, 0) is 19.1 Å². The molecule has 6 nitrogen and oxygen atoms in total. The van der Waals surface area contributed by atoms with Crippen LogP contribution in [0.5, 0.6) is 0 Å². The fraction of sp³-hybridized carbons (Fsp3) is 0.438. The number of methoxy groups -OCH3 is 1. The Morgan fingerprint density at radius 2 is 2.00 bits per heavy atom. The molecule has 0 radical (unpaired) electrons. The zero-order valence-corrected chi connectivity index (χ0v) is 12.2. The second-order valence-electron chi connectivity index (χ2n) is 5.67. The Hall–Kier alpha value is -2.37. The van der Waals surface area contributed by atoms with Crippen LogP contribution in [-0.4, -0.2) is 35.2 Å². The zero-order chi connectivity index (χ0) is 16.5. The van der Waals surface area contributed by atoms with Gasteiger partial charge in [-0.2, -0.15) is 0 Å². The van der Waals surface area contributed by atoms with Crippen molar-refractivity contribution < 1.29 is 29.3 Å². The Labute approximate surface area is 127 Å². The minimum Gasteiger partial charge on any atom is -0.480 e. The normalized spacial score (nSPS) is 26.0. The quantitative estimate of drug-likeness (QED) is 0.466. The minimum absolute atomic E-state index is 0.0345. The molecule has 118 valence electrons. The SMILES string of the molecule is C=CC1CC(C(=O)O)(C(=O)O)CC2=C1C=CC(C(=O)OC)C2. The number of carbonyl (C=O) groups excluding carboxylic acids is 1. The molecule has 6 heteroatoms. The highest BCUT2D eigenvalue weighted by Gasteiger charge is 2.52. The maximum absolute atomic E-state index is 11.7. The fourth-order valence-electron chi connectivity index (χ4n) is 3.21. The molecule has 2 unspecified atom stereocenters. The number of carboxylic acids is 2. The van der Waals surface area contributed by atoms with E-state index in [1.54, 1.807) is 18.2 Å². The molecule has 2 N–H and O–H groups in total. The first kappa shape index (κ1) is 16.0. The van der Waals surface area contributed by atoms with Gasteiger partial charge < -0.3 is 14.9 Å². The molecule has 2 rings (SSSR count). The van der Waals surface area contributed by atoms with E-state index in [1.807, 2.05) is 0 Å². The van der Waals surface area contributed by atoms with Gasteiger partial charge in [0.25, 0.3) is 0 Å². The van der Waals surface area contributed by atoms with Gasteiger partial charge in [0.05, 0.1) is 13.0 Å². The van der Waals surface area contributed by atoms with Crippen LogP contribution in [0, 0.1) is 17.3 Å². The van der Waals surface area contributed by atoms with Crippen LogP contribution in [0.1, 0.15) is 19.3 Å². The van der Waals surface area contributed by atoms with Crippen LogP contribution in [0.2, 0.25) is 0 Å². The fourth-order valence-corrected chi connectivity index (χ4v) is 3.21. The van der Waals surface area contributed by atoms with Gasteiger partial charge in [-0.1, -0.05) is 23.8 Å². The summed E-state index contributed by atoms with van der Waals surface area (Å²) in [6.07, 6.45) is 5.20. The van der Waals surface area contributed by atoms with Gasteiger partial charge in [-0.3, -0.25) is 14.4 Å². The average Bonchev–Trinajstić information content (AvgIpc) is 2.51. The lowest BCUT2D eigenvalue weighted by atomic mass is 9.64. The first-order chi connectivity index (χ1) is 10.4. The number of hydrogen-bond donors (Lipinski definition) is 2. The van der Waals surface area contributed by atoms with E-state index >= 15 is 0 Å². The van der Waals surface area contributed by atoms with E-state index in [0.29, 0.717) is 5.57 Å². The summed E-state index contributed by atoms with van der Waals surface area (Å²) < 4.78 is 4.70. The number of carboxylic acid groups (broad SMARTS) is 2. The monoisotopic (exact) mass is 306 g/mol. The van der Waals surface area contributed by atoms with Gasteiger partial charge in [0.15, 0.2) is 5.41 Å². The highest BCUT2D eigenvalue weighted by Crippen LogP contribution is 2.47. The topological polar surface area (TPSA) is 101 Å². The standard InChI is InChI=1S/C16H18O6/c1-3-9-7-16(14(18)19,15(20)21)8-11-6-10(13(17)22-2)4-5-12(9)11/h3-5,9-10H,1,6-8H2,2H3,(H,18,19)(H,20,21). The van der Waals surface area contributed by atoms with Crippen LogP contribution in [0.4, 0.5) is 0 Å². The summed E-state index contributed by atoms with van der Waals surface area (Å²) in [5, 5.41) is 18.9. The molecule has 0 bridgehead atoms. The molecular formula is C16H18O6. The van der Waals surface area contributed by atoms with Gasteiger partial charge in [0.2, 0.25) is 0 Å². The van der Waals surface area contributed by atoms with Crippen LogP contribution in [0.15, 0.2) is 36.0 Å². The summed E-state index contributed by atoms with van der Waals surface area (Å²) >= 11 is 0. The second kappa shape index (κ2) is 5.79. The molecule has 0 saturated heterocycles. The van der Waals surface area contributed by atoms with E-state index in [9.17, 15) is 24.6 Å². The Balaban J connectivity index is 2.42. The van der Waals surface area contributed by atoms with Crippen molar-refractivity contribution in [3.8, 4) is 0 Å². The van der Waals surface area contributed by atoms with Gasteiger partial charge in [-0.05, 0) is 24.8 Å². The third-order valence-corrected chi connectivity index (χ3v) is 4.47. The number of hydrogen-bond acceptors (Lipinski definition) is 4. The van der Waals surface area contributed by atoms with Gasteiger partial charge >= 0.3 is 17.9 Å². The Morgan fingerprint density at radius 1 is 1.36 bits per heavy atom. The van der Waals surface area contributed by atoms with Crippen LogP contribution >= 0.6 is 0 Å². The zero-order valence-electron chi connectivity index (χ0n) is 12.2. The molecule has 0 spiro atoms. The molecule has 2 aliphatic rings. The Bertz CT molecular complexity index is 584. The predicted molar refractivity (Wildman–Crippen MR) is 76.9 cm³/mol. The third kappa shape index (κ3) is 2.45. The number of ether oxygens (including phenoxy) is 1. The van der Waals surface area contributed by atoms with Crippen LogP contribution < -0.4 is 0 Å². The van der Waals surface area contributed by atoms with E-state index in [-0.39, 0.29) is 25.2 Å². The van der Waals surface area contributed by atoms with Gasteiger partial charge in [-0.15, -0.1) is 6.58 Å². The molecule has 0 fully saturated rings. The van der Waals surface area contributed by atoms with Gasteiger partial charge in [0.1, 0.15) is 0 Å². The van der Waals surface area contributed by atoms with Crippen molar-refractivity contribution in [1.82, 2.24) is 0 Å². The number of allylic oxidation sites excluding steroid dienone is 4. The van der Waals surface area contributed by atoms with Crippen molar-refractivity contribution in [1.29, 1.82) is 0 Å². The largest absolute Gasteiger partial charge is 0.480 e. The summed E-state index contributed by atoms with van der Waals surface area (Å²) in [5.41, 5.74) is -0.323. The smallest absolute Gasteiger partial charge is 0.321 e. The van der Waals surface area contributed by atoms with E-state index < -0.39 is 29.2 Å². The molecule has 2 aliphatic carbocycles. The maximum Gasteiger partial charge on any atom is 0.321 e. The predicted octanol–water partition coefficient (Wildman–Crippen LogP) is 1.78. The maximum atomic E-state index is 11.7. The summed E-state index contributed by atoms with van der Waals surface area (Å²) in [4.78, 5) is 34.8. The van der Waals surface area contributed by atoms with E-state index in [1.165, 1.54) is 7.11 Å². The van der Waals surface area contributed by atoms with Crippen molar-refractivity contribution in [2.75, 3.05) is 7.11 Å². The molecule has 0 aliphatic heterocycles. The van der Waals surface area contributed by atoms with Crippen molar-refractivity contribution in [2.45, 2.75) is 19.3 Å². The number of rotatable bonds is 4. The molecule has 0 aromatic heterocycles. The third-order valence-electron chi connectivity index (χ3n) is 4.47. The Morgan fingerprint density at radius 3 is 2.50 bits per heavy atom. The van der Waals surface area contributed by atoms with Crippen molar-refractivity contribution in [3.05, 3.63) is 36.0 Å². The number of carbonyl (C=O) groups is 3. The Kier molecular flexibility index (Phi) is 4.21. The molecule has 0 saturated carbocycles.